The van der Waals surface area contributed by atoms with E-state index < -0.39 is 17.3 Å². The number of benzene rings is 2. The van der Waals surface area contributed by atoms with Gasteiger partial charge in [-0.3, -0.25) is 19.9 Å². The Morgan fingerprint density at radius 1 is 1.23 bits per heavy atom. The molecule has 0 bridgehead atoms. The zero-order valence-electron chi connectivity index (χ0n) is 17.5. The first-order valence-electron chi connectivity index (χ1n) is 9.96. The van der Waals surface area contributed by atoms with Crippen LogP contribution in [0, 0.1) is 17.1 Å². The quantitative estimate of drug-likeness (QED) is 0.682. The summed E-state index contributed by atoms with van der Waals surface area (Å²) in [7, 11) is 0. The molecule has 3 N–H and O–H groups in total. The molecule has 3 rings (SSSR count). The second-order valence-electron chi connectivity index (χ2n) is 8.22. The summed E-state index contributed by atoms with van der Waals surface area (Å²) < 4.78 is 14.2. The van der Waals surface area contributed by atoms with Crippen molar-refractivity contribution in [2.75, 3.05) is 0 Å². The summed E-state index contributed by atoms with van der Waals surface area (Å²) in [5.74, 6) is -1.01. The molecule has 1 aliphatic heterocycles. The Hall–Kier alpha value is -3.22. The molecule has 158 valence electrons. The summed E-state index contributed by atoms with van der Waals surface area (Å²) >= 11 is 0. The zero-order valence-corrected chi connectivity index (χ0v) is 17.5. The van der Waals surface area contributed by atoms with Crippen molar-refractivity contribution < 1.29 is 14.0 Å². The van der Waals surface area contributed by atoms with Gasteiger partial charge >= 0.3 is 0 Å². The molecule has 1 heterocycles. The first-order chi connectivity index (χ1) is 14.2. The van der Waals surface area contributed by atoms with Gasteiger partial charge < -0.3 is 10.6 Å². The first kappa shape index (κ1) is 21.5. The summed E-state index contributed by atoms with van der Waals surface area (Å²) in [6, 6.07) is 13.4. The van der Waals surface area contributed by atoms with Crippen LogP contribution in [-0.2, 0) is 17.9 Å². The molecule has 1 saturated heterocycles. The van der Waals surface area contributed by atoms with Gasteiger partial charge in [-0.15, -0.1) is 0 Å². The lowest BCUT2D eigenvalue weighted by Gasteiger charge is -2.43. The molecule has 2 aromatic carbocycles. The molecule has 0 aromatic heterocycles. The van der Waals surface area contributed by atoms with Crippen molar-refractivity contribution in [1.29, 1.82) is 5.41 Å². The Balaban J connectivity index is 1.71. The predicted molar refractivity (Wildman–Crippen MR) is 113 cm³/mol. The lowest BCUT2D eigenvalue weighted by Crippen LogP contribution is -2.62. The number of carbonyl (C=O) groups is 2. The van der Waals surface area contributed by atoms with E-state index in [4.69, 9.17) is 5.41 Å². The molecule has 1 atom stereocenters. The molecule has 1 aliphatic rings. The third kappa shape index (κ3) is 4.84. The molecule has 0 unspecified atom stereocenters. The maximum absolute atomic E-state index is 14.2. The van der Waals surface area contributed by atoms with Gasteiger partial charge in [0.25, 0.3) is 5.91 Å². The van der Waals surface area contributed by atoms with Crippen molar-refractivity contribution in [2.45, 2.75) is 45.8 Å². The Morgan fingerprint density at radius 3 is 2.57 bits per heavy atom. The number of guanidine groups is 1. The molecule has 0 saturated carbocycles. The average Bonchev–Trinajstić information content (AvgIpc) is 2.69. The Morgan fingerprint density at radius 2 is 1.93 bits per heavy atom. The number of rotatable bonds is 6. The molecule has 0 spiro atoms. The fourth-order valence-electron chi connectivity index (χ4n) is 3.37. The van der Waals surface area contributed by atoms with E-state index in [2.05, 4.69) is 10.6 Å². The van der Waals surface area contributed by atoms with E-state index in [1.807, 2.05) is 51.1 Å². The van der Waals surface area contributed by atoms with Crippen LogP contribution >= 0.6 is 0 Å². The third-order valence-corrected chi connectivity index (χ3v) is 5.62. The highest BCUT2D eigenvalue weighted by atomic mass is 19.1. The SMILES string of the molecule is CC(C)[C@]1(C)CC(=O)N(Cc2cc(F)cc(C(=O)NCc3ccccc3)c2)C(=N)N1. The summed E-state index contributed by atoms with van der Waals surface area (Å²) in [5, 5.41) is 14.1. The summed E-state index contributed by atoms with van der Waals surface area (Å²) in [6.45, 7) is 6.26. The summed E-state index contributed by atoms with van der Waals surface area (Å²) in [4.78, 5) is 26.4. The van der Waals surface area contributed by atoms with Crippen molar-refractivity contribution >= 4 is 17.8 Å². The molecule has 7 heteroatoms. The van der Waals surface area contributed by atoms with E-state index in [1.54, 1.807) is 6.07 Å². The van der Waals surface area contributed by atoms with E-state index in [-0.39, 0.29) is 36.3 Å². The number of hydrogen-bond acceptors (Lipinski definition) is 3. The highest BCUT2D eigenvalue weighted by molar-refractivity contribution is 5.99. The van der Waals surface area contributed by atoms with Gasteiger partial charge in [0.2, 0.25) is 5.91 Å². The minimum atomic E-state index is -0.562. The van der Waals surface area contributed by atoms with Gasteiger partial charge in [0.05, 0.1) is 13.0 Å². The average molecular weight is 410 g/mol. The Labute approximate surface area is 176 Å². The fraction of sp³-hybridized carbons (Fsp3) is 0.348. The second kappa shape index (κ2) is 8.65. The molecule has 1 fully saturated rings. The van der Waals surface area contributed by atoms with Gasteiger partial charge in [-0.1, -0.05) is 44.2 Å². The molecule has 2 aromatic rings. The van der Waals surface area contributed by atoms with Crippen LogP contribution < -0.4 is 10.6 Å². The van der Waals surface area contributed by atoms with Gasteiger partial charge in [-0.05, 0) is 42.2 Å². The largest absolute Gasteiger partial charge is 0.350 e. The van der Waals surface area contributed by atoms with E-state index in [9.17, 15) is 14.0 Å². The van der Waals surface area contributed by atoms with Crippen LogP contribution in [-0.4, -0.2) is 28.2 Å². The number of amides is 2. The highest BCUT2D eigenvalue weighted by Gasteiger charge is 2.40. The molecule has 30 heavy (non-hydrogen) atoms. The molecule has 2 amide bonds. The second-order valence-corrected chi connectivity index (χ2v) is 8.22. The van der Waals surface area contributed by atoms with Gasteiger partial charge in [0, 0.05) is 17.6 Å². The van der Waals surface area contributed by atoms with Crippen molar-refractivity contribution in [3.63, 3.8) is 0 Å². The first-order valence-corrected chi connectivity index (χ1v) is 9.96. The van der Waals surface area contributed by atoms with Gasteiger partial charge in [-0.2, -0.15) is 0 Å². The minimum absolute atomic E-state index is 0.0122. The third-order valence-electron chi connectivity index (χ3n) is 5.62. The van der Waals surface area contributed by atoms with Crippen molar-refractivity contribution in [1.82, 2.24) is 15.5 Å². The number of hydrogen-bond donors (Lipinski definition) is 3. The van der Waals surface area contributed by atoms with Crippen LogP contribution in [0.5, 0.6) is 0 Å². The number of nitrogens with zero attached hydrogens (tertiary/aromatic N) is 1. The Kier molecular flexibility index (Phi) is 6.20. The van der Waals surface area contributed by atoms with Crippen molar-refractivity contribution in [3.05, 3.63) is 71.0 Å². The van der Waals surface area contributed by atoms with Crippen LogP contribution in [0.25, 0.3) is 0 Å². The molecule has 0 aliphatic carbocycles. The van der Waals surface area contributed by atoms with Gasteiger partial charge in [-0.25, -0.2) is 4.39 Å². The van der Waals surface area contributed by atoms with Crippen LogP contribution in [0.3, 0.4) is 0 Å². The normalized spacial score (nSPS) is 19.0. The van der Waals surface area contributed by atoms with E-state index >= 15 is 0 Å². The van der Waals surface area contributed by atoms with E-state index in [1.165, 1.54) is 17.0 Å². The molecule has 6 nitrogen and oxygen atoms in total. The van der Waals surface area contributed by atoms with E-state index in [0.717, 1.165) is 5.56 Å². The summed E-state index contributed by atoms with van der Waals surface area (Å²) in [6.07, 6.45) is 0.243. The standard InChI is InChI=1S/C23H27FN4O2/c1-15(2)23(3)12-20(29)28(22(25)27-23)14-17-9-18(11-19(24)10-17)21(30)26-13-16-7-5-4-6-8-16/h4-11,15H,12-14H2,1-3H3,(H2,25,27)(H,26,30)/t23-/m0/s1. The van der Waals surface area contributed by atoms with Gasteiger partial charge in [0.1, 0.15) is 5.82 Å². The van der Waals surface area contributed by atoms with Crippen LogP contribution in [0.15, 0.2) is 48.5 Å². The fourth-order valence-corrected chi connectivity index (χ4v) is 3.37. The number of halogens is 1. The molecular weight excluding hydrogens is 383 g/mol. The van der Waals surface area contributed by atoms with Gasteiger partial charge in [0.15, 0.2) is 5.96 Å². The van der Waals surface area contributed by atoms with Crippen molar-refractivity contribution in [3.8, 4) is 0 Å². The minimum Gasteiger partial charge on any atom is -0.350 e. The maximum Gasteiger partial charge on any atom is 0.251 e. The monoisotopic (exact) mass is 410 g/mol. The maximum atomic E-state index is 14.2. The van der Waals surface area contributed by atoms with Crippen LogP contribution in [0.2, 0.25) is 0 Å². The molecule has 0 radical (unpaired) electrons. The topological polar surface area (TPSA) is 85.3 Å². The lowest BCUT2D eigenvalue weighted by atomic mass is 9.83. The number of nitrogens with one attached hydrogen (secondary N) is 3. The van der Waals surface area contributed by atoms with E-state index in [0.29, 0.717) is 12.1 Å². The molecular formula is C23H27FN4O2. The van der Waals surface area contributed by atoms with Crippen LogP contribution in [0.1, 0.15) is 48.7 Å². The lowest BCUT2D eigenvalue weighted by molar-refractivity contribution is -0.131. The highest BCUT2D eigenvalue weighted by Crippen LogP contribution is 2.26. The smallest absolute Gasteiger partial charge is 0.251 e. The number of carbonyl (C=O) groups excluding carboxylic acids is 2. The zero-order chi connectivity index (χ0) is 21.9. The van der Waals surface area contributed by atoms with Crippen LogP contribution in [0.4, 0.5) is 4.39 Å². The van der Waals surface area contributed by atoms with Crippen molar-refractivity contribution in [2.24, 2.45) is 5.92 Å². The Bertz CT molecular complexity index is 941. The predicted octanol–water partition coefficient (Wildman–Crippen LogP) is 3.43. The summed E-state index contributed by atoms with van der Waals surface area (Å²) in [5.41, 5.74) is 1.08.